The van der Waals surface area contributed by atoms with Crippen LogP contribution in [0.25, 0.3) is 0 Å². The SMILES string of the molecule is CCC(COC(C)C)(OC(=O)O)c1ccccc1. The van der Waals surface area contributed by atoms with Gasteiger partial charge in [0.1, 0.15) is 0 Å². The monoisotopic (exact) mass is 252 g/mol. The van der Waals surface area contributed by atoms with Crippen molar-refractivity contribution in [3.05, 3.63) is 35.9 Å². The fourth-order valence-electron chi connectivity index (χ4n) is 1.76. The van der Waals surface area contributed by atoms with Crippen LogP contribution < -0.4 is 0 Å². The number of carbonyl (C=O) groups is 1. The van der Waals surface area contributed by atoms with Crippen molar-refractivity contribution in [2.24, 2.45) is 0 Å². The predicted octanol–water partition coefficient (Wildman–Crippen LogP) is 3.41. The molecule has 0 bridgehead atoms. The average molecular weight is 252 g/mol. The van der Waals surface area contributed by atoms with E-state index in [2.05, 4.69) is 0 Å². The Labute approximate surface area is 108 Å². The lowest BCUT2D eigenvalue weighted by molar-refractivity contribution is -0.0919. The third-order valence-corrected chi connectivity index (χ3v) is 2.80. The van der Waals surface area contributed by atoms with E-state index >= 15 is 0 Å². The Morgan fingerprint density at radius 3 is 2.39 bits per heavy atom. The van der Waals surface area contributed by atoms with E-state index in [4.69, 9.17) is 14.6 Å². The molecule has 1 unspecified atom stereocenters. The Balaban J connectivity index is 3.01. The largest absolute Gasteiger partial charge is 0.506 e. The molecule has 0 spiro atoms. The maximum absolute atomic E-state index is 10.9. The minimum Gasteiger partial charge on any atom is -0.450 e. The highest BCUT2D eigenvalue weighted by Gasteiger charge is 2.35. The van der Waals surface area contributed by atoms with Gasteiger partial charge >= 0.3 is 6.16 Å². The first kappa shape index (κ1) is 14.5. The van der Waals surface area contributed by atoms with Crippen molar-refractivity contribution in [3.8, 4) is 0 Å². The molecule has 1 aromatic rings. The van der Waals surface area contributed by atoms with E-state index < -0.39 is 11.8 Å². The van der Waals surface area contributed by atoms with Gasteiger partial charge in [-0.2, -0.15) is 0 Å². The van der Waals surface area contributed by atoms with Crippen LogP contribution in [-0.2, 0) is 15.1 Å². The molecule has 0 fully saturated rings. The Kier molecular flexibility index (Phi) is 5.16. The highest BCUT2D eigenvalue weighted by Crippen LogP contribution is 2.30. The smallest absolute Gasteiger partial charge is 0.450 e. The maximum Gasteiger partial charge on any atom is 0.506 e. The summed E-state index contributed by atoms with van der Waals surface area (Å²) in [5.74, 6) is 0. The van der Waals surface area contributed by atoms with Gasteiger partial charge in [-0.05, 0) is 25.8 Å². The molecule has 0 saturated heterocycles. The first-order chi connectivity index (χ1) is 8.50. The first-order valence-corrected chi connectivity index (χ1v) is 6.09. The van der Waals surface area contributed by atoms with Crippen LogP contribution in [0.5, 0.6) is 0 Å². The summed E-state index contributed by atoms with van der Waals surface area (Å²) in [5, 5.41) is 8.93. The van der Waals surface area contributed by atoms with Gasteiger partial charge in [-0.15, -0.1) is 0 Å². The van der Waals surface area contributed by atoms with Crippen molar-refractivity contribution in [2.75, 3.05) is 6.61 Å². The molecule has 0 saturated carbocycles. The van der Waals surface area contributed by atoms with E-state index in [1.807, 2.05) is 51.1 Å². The number of rotatable bonds is 6. The molecular weight excluding hydrogens is 232 g/mol. The second-order valence-electron chi connectivity index (χ2n) is 4.44. The van der Waals surface area contributed by atoms with Crippen LogP contribution in [0, 0.1) is 0 Å². The van der Waals surface area contributed by atoms with Crippen molar-refractivity contribution < 1.29 is 19.4 Å². The summed E-state index contributed by atoms with van der Waals surface area (Å²) in [7, 11) is 0. The number of hydrogen-bond acceptors (Lipinski definition) is 3. The third-order valence-electron chi connectivity index (χ3n) is 2.80. The van der Waals surface area contributed by atoms with E-state index in [0.29, 0.717) is 6.42 Å². The van der Waals surface area contributed by atoms with Gasteiger partial charge in [-0.25, -0.2) is 4.79 Å². The average Bonchev–Trinajstić information content (AvgIpc) is 2.35. The van der Waals surface area contributed by atoms with Gasteiger partial charge in [-0.1, -0.05) is 37.3 Å². The number of hydrogen-bond donors (Lipinski definition) is 1. The molecule has 18 heavy (non-hydrogen) atoms. The molecule has 0 aliphatic carbocycles. The van der Waals surface area contributed by atoms with Crippen molar-refractivity contribution in [1.29, 1.82) is 0 Å². The second kappa shape index (κ2) is 6.40. The molecule has 1 atom stereocenters. The van der Waals surface area contributed by atoms with Gasteiger partial charge in [0.05, 0.1) is 12.7 Å². The van der Waals surface area contributed by atoms with Crippen LogP contribution >= 0.6 is 0 Å². The lowest BCUT2D eigenvalue weighted by atomic mass is 9.91. The van der Waals surface area contributed by atoms with Crippen molar-refractivity contribution >= 4 is 6.16 Å². The molecule has 0 aliphatic rings. The Morgan fingerprint density at radius 1 is 1.33 bits per heavy atom. The first-order valence-electron chi connectivity index (χ1n) is 6.09. The Morgan fingerprint density at radius 2 is 1.94 bits per heavy atom. The normalized spacial score (nSPS) is 14.2. The van der Waals surface area contributed by atoms with Crippen LogP contribution in [0.1, 0.15) is 32.8 Å². The fourth-order valence-corrected chi connectivity index (χ4v) is 1.76. The molecule has 1 rings (SSSR count). The molecule has 0 heterocycles. The van der Waals surface area contributed by atoms with Crippen LogP contribution in [0.3, 0.4) is 0 Å². The predicted molar refractivity (Wildman–Crippen MR) is 68.6 cm³/mol. The maximum atomic E-state index is 10.9. The molecule has 0 aromatic heterocycles. The molecule has 4 nitrogen and oxygen atoms in total. The summed E-state index contributed by atoms with van der Waals surface area (Å²) < 4.78 is 10.7. The zero-order chi connectivity index (χ0) is 13.6. The summed E-state index contributed by atoms with van der Waals surface area (Å²) in [5.41, 5.74) is -0.118. The Hall–Kier alpha value is -1.55. The van der Waals surface area contributed by atoms with E-state index in [9.17, 15) is 4.79 Å². The van der Waals surface area contributed by atoms with Gasteiger partial charge < -0.3 is 14.6 Å². The lowest BCUT2D eigenvalue weighted by Crippen LogP contribution is -2.37. The zero-order valence-corrected chi connectivity index (χ0v) is 11.1. The van der Waals surface area contributed by atoms with Gasteiger partial charge in [0, 0.05) is 0 Å². The molecule has 1 N–H and O–H groups in total. The summed E-state index contributed by atoms with van der Waals surface area (Å²) >= 11 is 0. The van der Waals surface area contributed by atoms with Crippen LogP contribution in [-0.4, -0.2) is 24.0 Å². The van der Waals surface area contributed by atoms with Crippen LogP contribution in [0.15, 0.2) is 30.3 Å². The zero-order valence-electron chi connectivity index (χ0n) is 11.1. The van der Waals surface area contributed by atoms with Gasteiger partial charge in [-0.3, -0.25) is 0 Å². The van der Waals surface area contributed by atoms with Crippen LogP contribution in [0.2, 0.25) is 0 Å². The minimum atomic E-state index is -1.28. The van der Waals surface area contributed by atoms with E-state index in [-0.39, 0.29) is 12.7 Å². The molecule has 1 aromatic carbocycles. The highest BCUT2D eigenvalue weighted by atomic mass is 16.7. The number of benzene rings is 1. The van der Waals surface area contributed by atoms with Gasteiger partial charge in [0.2, 0.25) is 0 Å². The molecule has 0 radical (unpaired) electrons. The summed E-state index contributed by atoms with van der Waals surface area (Å²) in [6, 6.07) is 9.32. The van der Waals surface area contributed by atoms with Crippen molar-refractivity contribution in [3.63, 3.8) is 0 Å². The summed E-state index contributed by atoms with van der Waals surface area (Å²) in [6.07, 6.45) is -0.735. The number of carboxylic acid groups (broad SMARTS) is 1. The number of ether oxygens (including phenoxy) is 2. The standard InChI is InChI=1S/C14H20O4/c1-4-14(18-13(15)16,10-17-11(2)3)12-8-6-5-7-9-12/h5-9,11H,4,10H2,1-3H3,(H,15,16). The molecule has 4 heteroatoms. The highest BCUT2D eigenvalue weighted by molar-refractivity contribution is 5.58. The lowest BCUT2D eigenvalue weighted by Gasteiger charge is -2.32. The molecule has 0 aliphatic heterocycles. The quantitative estimate of drug-likeness (QED) is 0.788. The van der Waals surface area contributed by atoms with Gasteiger partial charge in [0.25, 0.3) is 0 Å². The van der Waals surface area contributed by atoms with Crippen molar-refractivity contribution in [1.82, 2.24) is 0 Å². The summed E-state index contributed by atoms with van der Waals surface area (Å²) in [4.78, 5) is 10.9. The molecule has 0 amide bonds. The Bertz CT molecular complexity index is 375. The van der Waals surface area contributed by atoms with Crippen LogP contribution in [0.4, 0.5) is 4.79 Å². The molecule has 100 valence electrons. The van der Waals surface area contributed by atoms with E-state index in [1.165, 1.54) is 0 Å². The van der Waals surface area contributed by atoms with E-state index in [0.717, 1.165) is 5.56 Å². The summed E-state index contributed by atoms with van der Waals surface area (Å²) in [6.45, 7) is 5.93. The molecular formula is C14H20O4. The minimum absolute atomic E-state index is 0.0250. The van der Waals surface area contributed by atoms with Crippen molar-refractivity contribution in [2.45, 2.75) is 38.9 Å². The third kappa shape index (κ3) is 3.74. The van der Waals surface area contributed by atoms with E-state index in [1.54, 1.807) is 0 Å². The van der Waals surface area contributed by atoms with Gasteiger partial charge in [0.15, 0.2) is 5.60 Å². The fraction of sp³-hybridized carbons (Fsp3) is 0.500. The topological polar surface area (TPSA) is 55.8 Å². The second-order valence-corrected chi connectivity index (χ2v) is 4.44.